The van der Waals surface area contributed by atoms with Crippen LogP contribution in [0.4, 0.5) is 10.7 Å². The molecular weight excluding hydrogens is 452 g/mol. The van der Waals surface area contributed by atoms with E-state index in [2.05, 4.69) is 41.8 Å². The van der Waals surface area contributed by atoms with E-state index < -0.39 is 0 Å². The van der Waals surface area contributed by atoms with Crippen molar-refractivity contribution in [3.63, 3.8) is 0 Å². The van der Waals surface area contributed by atoms with Crippen molar-refractivity contribution in [1.29, 1.82) is 0 Å². The van der Waals surface area contributed by atoms with Crippen molar-refractivity contribution < 1.29 is 9.53 Å². The molecular formula is C25H30N4O2S2. The van der Waals surface area contributed by atoms with E-state index in [1.807, 2.05) is 25.5 Å². The number of hydrogen-bond acceptors (Lipinski definition) is 5. The van der Waals surface area contributed by atoms with Crippen LogP contribution >= 0.6 is 23.6 Å². The number of nitrogens with zero attached hydrogens (tertiary/aromatic N) is 2. The van der Waals surface area contributed by atoms with Gasteiger partial charge in [-0.3, -0.25) is 4.68 Å². The number of thiocarbonyl (C=S) groups is 1. The monoisotopic (exact) mass is 482 g/mol. The molecule has 1 aromatic carbocycles. The van der Waals surface area contributed by atoms with Crippen LogP contribution in [-0.2, 0) is 24.1 Å². The van der Waals surface area contributed by atoms with E-state index in [0.717, 1.165) is 53.3 Å². The van der Waals surface area contributed by atoms with Gasteiger partial charge in [0.25, 0.3) is 0 Å². The van der Waals surface area contributed by atoms with Crippen LogP contribution in [0.2, 0.25) is 0 Å². The first-order valence-electron chi connectivity index (χ1n) is 11.4. The Morgan fingerprint density at radius 2 is 1.88 bits per heavy atom. The second-order valence-electron chi connectivity index (χ2n) is 8.40. The number of fused-ring (bicyclic) bond motifs is 1. The number of aryl methyl sites for hydroxylation is 3. The Labute approximate surface area is 204 Å². The van der Waals surface area contributed by atoms with Crippen molar-refractivity contribution in [2.24, 2.45) is 0 Å². The molecule has 6 nitrogen and oxygen atoms in total. The molecule has 2 aromatic heterocycles. The van der Waals surface area contributed by atoms with Gasteiger partial charge in [0.1, 0.15) is 5.00 Å². The van der Waals surface area contributed by atoms with Gasteiger partial charge in [-0.15, -0.1) is 11.3 Å². The third-order valence-corrected chi connectivity index (χ3v) is 7.36. The molecule has 0 bridgehead atoms. The molecule has 0 saturated heterocycles. The Morgan fingerprint density at radius 3 is 2.61 bits per heavy atom. The zero-order valence-electron chi connectivity index (χ0n) is 19.6. The smallest absolute Gasteiger partial charge is 0.341 e. The summed E-state index contributed by atoms with van der Waals surface area (Å²) < 4.78 is 7.33. The minimum absolute atomic E-state index is 0.277. The highest BCUT2D eigenvalue weighted by atomic mass is 32.1. The lowest BCUT2D eigenvalue weighted by molar-refractivity contribution is 0.0526. The number of nitrogens with one attached hydrogen (secondary N) is 2. The Morgan fingerprint density at radius 1 is 1.15 bits per heavy atom. The number of rotatable bonds is 6. The lowest BCUT2D eigenvalue weighted by atomic mass is 9.95. The molecule has 33 heavy (non-hydrogen) atoms. The van der Waals surface area contributed by atoms with Crippen LogP contribution in [0.25, 0.3) is 0 Å². The van der Waals surface area contributed by atoms with Gasteiger partial charge in [0, 0.05) is 4.88 Å². The third-order valence-electron chi connectivity index (χ3n) is 5.95. The van der Waals surface area contributed by atoms with Gasteiger partial charge in [-0.05, 0) is 76.7 Å². The summed E-state index contributed by atoms with van der Waals surface area (Å²) in [5, 5.41) is 12.5. The van der Waals surface area contributed by atoms with Crippen molar-refractivity contribution in [2.45, 2.75) is 59.9 Å². The fourth-order valence-electron chi connectivity index (χ4n) is 4.22. The normalized spacial score (nSPS) is 12.8. The zero-order chi connectivity index (χ0) is 23.5. The fraction of sp³-hybridized carbons (Fsp3) is 0.400. The molecule has 0 spiro atoms. The highest BCUT2D eigenvalue weighted by Crippen LogP contribution is 2.38. The molecule has 0 unspecified atom stereocenters. The van der Waals surface area contributed by atoms with Crippen LogP contribution < -0.4 is 10.6 Å². The van der Waals surface area contributed by atoms with Crippen molar-refractivity contribution >= 4 is 45.3 Å². The van der Waals surface area contributed by atoms with Crippen LogP contribution in [0.3, 0.4) is 0 Å². The summed E-state index contributed by atoms with van der Waals surface area (Å²) in [7, 11) is 0. The maximum atomic E-state index is 12.7. The van der Waals surface area contributed by atoms with E-state index in [9.17, 15) is 4.79 Å². The first-order valence-corrected chi connectivity index (χ1v) is 12.6. The number of ether oxygens (including phenoxy) is 1. The van der Waals surface area contributed by atoms with Crippen molar-refractivity contribution in [1.82, 2.24) is 9.78 Å². The van der Waals surface area contributed by atoms with Gasteiger partial charge in [-0.1, -0.05) is 29.8 Å². The second kappa shape index (κ2) is 10.1. The molecule has 174 valence electrons. The lowest BCUT2D eigenvalue weighted by Crippen LogP contribution is -2.21. The number of esters is 1. The third kappa shape index (κ3) is 5.12. The number of thiophene rings is 1. The van der Waals surface area contributed by atoms with E-state index in [1.54, 1.807) is 11.3 Å². The summed E-state index contributed by atoms with van der Waals surface area (Å²) in [5.74, 6) is -0.277. The minimum Gasteiger partial charge on any atom is -0.462 e. The zero-order valence-corrected chi connectivity index (χ0v) is 21.2. The molecule has 0 atom stereocenters. The Balaban J connectivity index is 1.53. The number of hydrogen-bond donors (Lipinski definition) is 2. The van der Waals surface area contributed by atoms with Crippen LogP contribution in [0.15, 0.2) is 24.3 Å². The average molecular weight is 483 g/mol. The molecule has 3 aromatic rings. The molecule has 0 radical (unpaired) electrons. The fourth-order valence-corrected chi connectivity index (χ4v) is 5.77. The average Bonchev–Trinajstić information content (AvgIpc) is 3.27. The second-order valence-corrected chi connectivity index (χ2v) is 9.92. The van der Waals surface area contributed by atoms with E-state index in [0.29, 0.717) is 23.8 Å². The van der Waals surface area contributed by atoms with Crippen LogP contribution in [0.1, 0.15) is 63.1 Å². The standard InChI is InChI=1S/C25H30N4O2S2/c1-5-31-24(30)21-19-8-6-7-9-20(19)33-23(21)27-25(32)26-22-16(3)28-29(17(22)4)14-18-12-10-15(2)11-13-18/h10-13H,5-9,14H2,1-4H3,(H2,26,27,32). The van der Waals surface area contributed by atoms with Crippen molar-refractivity contribution in [3.05, 3.63) is 62.8 Å². The van der Waals surface area contributed by atoms with Gasteiger partial charge >= 0.3 is 5.97 Å². The summed E-state index contributed by atoms with van der Waals surface area (Å²) in [5.41, 5.74) is 6.97. The number of benzene rings is 1. The molecule has 4 rings (SSSR count). The molecule has 0 fully saturated rings. The van der Waals surface area contributed by atoms with Gasteiger partial charge in [0.15, 0.2) is 5.11 Å². The predicted octanol–water partition coefficient (Wildman–Crippen LogP) is 5.78. The van der Waals surface area contributed by atoms with Gasteiger partial charge < -0.3 is 15.4 Å². The first kappa shape index (κ1) is 23.4. The van der Waals surface area contributed by atoms with Crippen molar-refractivity contribution in [2.75, 3.05) is 17.2 Å². The maximum Gasteiger partial charge on any atom is 0.341 e. The van der Waals surface area contributed by atoms with Crippen LogP contribution in [-0.4, -0.2) is 27.5 Å². The first-order chi connectivity index (χ1) is 15.9. The molecule has 1 aliphatic carbocycles. The Kier molecular flexibility index (Phi) is 7.14. The van der Waals surface area contributed by atoms with E-state index in [-0.39, 0.29) is 5.97 Å². The minimum atomic E-state index is -0.277. The van der Waals surface area contributed by atoms with Gasteiger partial charge in [0.05, 0.1) is 35.8 Å². The summed E-state index contributed by atoms with van der Waals surface area (Å²) in [6, 6.07) is 8.48. The summed E-state index contributed by atoms with van der Waals surface area (Å²) in [4.78, 5) is 14.0. The highest BCUT2D eigenvalue weighted by molar-refractivity contribution is 7.80. The molecule has 1 aliphatic rings. The predicted molar refractivity (Wildman–Crippen MR) is 139 cm³/mol. The molecule has 2 heterocycles. The number of aromatic nitrogens is 2. The Bertz CT molecular complexity index is 1180. The van der Waals surface area contributed by atoms with Gasteiger partial charge in [-0.25, -0.2) is 4.79 Å². The number of carbonyl (C=O) groups is 1. The quantitative estimate of drug-likeness (QED) is 0.343. The summed E-state index contributed by atoms with van der Waals surface area (Å²) in [6.45, 7) is 8.96. The lowest BCUT2D eigenvalue weighted by Gasteiger charge is -2.13. The van der Waals surface area contributed by atoms with E-state index in [4.69, 9.17) is 22.1 Å². The van der Waals surface area contributed by atoms with E-state index in [1.165, 1.54) is 16.0 Å². The van der Waals surface area contributed by atoms with Crippen molar-refractivity contribution in [3.8, 4) is 0 Å². The molecule has 0 saturated carbocycles. The van der Waals surface area contributed by atoms with Crippen LogP contribution in [0.5, 0.6) is 0 Å². The largest absolute Gasteiger partial charge is 0.462 e. The molecule has 2 N–H and O–H groups in total. The summed E-state index contributed by atoms with van der Waals surface area (Å²) >= 11 is 7.25. The maximum absolute atomic E-state index is 12.7. The number of anilines is 2. The topological polar surface area (TPSA) is 68.2 Å². The molecule has 0 aliphatic heterocycles. The van der Waals surface area contributed by atoms with Gasteiger partial charge in [0.2, 0.25) is 0 Å². The van der Waals surface area contributed by atoms with Crippen LogP contribution in [0, 0.1) is 20.8 Å². The molecule has 0 amide bonds. The Hall–Kier alpha value is -2.71. The summed E-state index contributed by atoms with van der Waals surface area (Å²) in [6.07, 6.45) is 4.15. The SMILES string of the molecule is CCOC(=O)c1c(NC(=S)Nc2c(C)nn(Cc3ccc(C)cc3)c2C)sc2c1CCCC2. The molecule has 8 heteroatoms. The van der Waals surface area contributed by atoms with E-state index >= 15 is 0 Å². The highest BCUT2D eigenvalue weighted by Gasteiger charge is 2.27. The van der Waals surface area contributed by atoms with Gasteiger partial charge in [-0.2, -0.15) is 5.10 Å². The number of carbonyl (C=O) groups excluding carboxylic acids is 1.